The maximum atomic E-state index is 12.4. The fraction of sp³-hybridized carbons (Fsp3) is 0.438. The molecular formula is C16H19ClN4O2S. The van der Waals surface area contributed by atoms with Crippen LogP contribution >= 0.6 is 22.9 Å². The number of hydrogen-bond acceptors (Lipinski definition) is 6. The highest BCUT2D eigenvalue weighted by atomic mass is 35.5. The lowest BCUT2D eigenvalue weighted by Crippen LogP contribution is -2.46. The van der Waals surface area contributed by atoms with Gasteiger partial charge < -0.3 is 15.0 Å². The fourth-order valence-corrected chi connectivity index (χ4v) is 3.45. The zero-order chi connectivity index (χ0) is 16.9. The third kappa shape index (κ3) is 4.43. The summed E-state index contributed by atoms with van der Waals surface area (Å²) in [5, 5.41) is 13.7. The molecule has 1 amide bonds. The molecule has 0 spiro atoms. The number of hydrogen-bond donors (Lipinski definition) is 1. The van der Waals surface area contributed by atoms with Gasteiger partial charge in [-0.25, -0.2) is 0 Å². The maximum Gasteiger partial charge on any atom is 0.245 e. The summed E-state index contributed by atoms with van der Waals surface area (Å²) in [6.07, 6.45) is 0.697. The topological polar surface area (TPSA) is 67.4 Å². The van der Waals surface area contributed by atoms with E-state index in [9.17, 15) is 4.79 Å². The van der Waals surface area contributed by atoms with E-state index in [2.05, 4.69) is 15.5 Å². The number of nitrogens with one attached hydrogen (secondary N) is 1. The van der Waals surface area contributed by atoms with Gasteiger partial charge in [0.2, 0.25) is 11.0 Å². The number of aromatic nitrogens is 2. The molecule has 1 N–H and O–H groups in total. The van der Waals surface area contributed by atoms with Crippen LogP contribution < -0.4 is 5.32 Å². The van der Waals surface area contributed by atoms with Gasteiger partial charge in [-0.3, -0.25) is 4.79 Å². The van der Waals surface area contributed by atoms with E-state index in [1.165, 1.54) is 11.3 Å². The number of carbonyl (C=O) groups is 1. The maximum absolute atomic E-state index is 12.4. The van der Waals surface area contributed by atoms with Crippen molar-refractivity contribution in [1.29, 1.82) is 0 Å². The van der Waals surface area contributed by atoms with Crippen LogP contribution in [0.1, 0.15) is 17.5 Å². The van der Waals surface area contributed by atoms with Crippen LogP contribution in [0, 0.1) is 0 Å². The van der Waals surface area contributed by atoms with Crippen LogP contribution in [-0.4, -0.2) is 53.3 Å². The van der Waals surface area contributed by atoms with Crippen LogP contribution in [0.2, 0.25) is 5.02 Å². The van der Waals surface area contributed by atoms with Gasteiger partial charge in [0.05, 0.1) is 13.2 Å². The minimum atomic E-state index is -0.334. The highest BCUT2D eigenvalue weighted by molar-refractivity contribution is 7.15. The van der Waals surface area contributed by atoms with Crippen molar-refractivity contribution in [3.05, 3.63) is 39.9 Å². The number of anilines is 1. The second-order valence-electron chi connectivity index (χ2n) is 5.61. The molecule has 1 aromatic heterocycles. The zero-order valence-corrected chi connectivity index (χ0v) is 14.9. The average molecular weight is 367 g/mol. The smallest absolute Gasteiger partial charge is 0.245 e. The molecule has 2 heterocycles. The van der Waals surface area contributed by atoms with Gasteiger partial charge in [-0.15, -0.1) is 10.2 Å². The Morgan fingerprint density at radius 3 is 2.75 bits per heavy atom. The summed E-state index contributed by atoms with van der Waals surface area (Å²) in [6.45, 7) is 4.33. The third-order valence-corrected chi connectivity index (χ3v) is 4.88. The lowest BCUT2D eigenvalue weighted by Gasteiger charge is -2.29. The minimum absolute atomic E-state index is 0.0627. The normalized spacial score (nSPS) is 16.0. The Bertz CT molecular complexity index is 686. The molecule has 2 aromatic rings. The summed E-state index contributed by atoms with van der Waals surface area (Å²) in [6, 6.07) is 7.34. The molecule has 1 fully saturated rings. The number of carbonyl (C=O) groups excluding carboxylic acids is 1. The molecule has 8 heteroatoms. The van der Waals surface area contributed by atoms with E-state index in [1.807, 2.05) is 36.1 Å². The van der Waals surface area contributed by atoms with Gasteiger partial charge in [0.15, 0.2) is 0 Å². The lowest BCUT2D eigenvalue weighted by atomic mass is 10.2. The molecule has 1 unspecified atom stereocenters. The molecule has 0 saturated carbocycles. The summed E-state index contributed by atoms with van der Waals surface area (Å²) in [5.41, 5.74) is 1.12. The highest BCUT2D eigenvalue weighted by Crippen LogP contribution is 2.20. The zero-order valence-electron chi connectivity index (χ0n) is 13.4. The van der Waals surface area contributed by atoms with E-state index in [0.717, 1.165) is 10.6 Å². The molecule has 1 aliphatic heterocycles. The third-order valence-electron chi connectivity index (χ3n) is 3.77. The molecular weight excluding hydrogens is 348 g/mol. The highest BCUT2D eigenvalue weighted by Gasteiger charge is 2.23. The van der Waals surface area contributed by atoms with Crippen molar-refractivity contribution >= 4 is 34.0 Å². The largest absolute Gasteiger partial charge is 0.378 e. The molecule has 0 aliphatic carbocycles. The molecule has 1 aromatic carbocycles. The van der Waals surface area contributed by atoms with Gasteiger partial charge in [0.25, 0.3) is 0 Å². The van der Waals surface area contributed by atoms with Crippen LogP contribution in [0.25, 0.3) is 0 Å². The molecule has 1 atom stereocenters. The fourth-order valence-electron chi connectivity index (χ4n) is 2.46. The molecule has 1 saturated heterocycles. The quantitative estimate of drug-likeness (QED) is 0.880. The van der Waals surface area contributed by atoms with Crippen LogP contribution in [0.4, 0.5) is 5.13 Å². The first-order valence-electron chi connectivity index (χ1n) is 7.82. The van der Waals surface area contributed by atoms with Crippen molar-refractivity contribution in [2.45, 2.75) is 19.4 Å². The Morgan fingerprint density at radius 1 is 1.33 bits per heavy atom. The Balaban J connectivity index is 1.56. The first-order chi connectivity index (χ1) is 11.6. The SMILES string of the molecule is CC(Nc1nnc(Cc2ccc(Cl)cc2)s1)C(=O)N1CCOCC1. The van der Waals surface area contributed by atoms with Crippen molar-refractivity contribution in [3.8, 4) is 0 Å². The number of benzene rings is 1. The molecule has 0 radical (unpaired) electrons. The van der Waals surface area contributed by atoms with Gasteiger partial charge in [0.1, 0.15) is 11.0 Å². The Morgan fingerprint density at radius 2 is 2.04 bits per heavy atom. The summed E-state index contributed by atoms with van der Waals surface area (Å²) in [4.78, 5) is 14.2. The van der Waals surface area contributed by atoms with E-state index in [4.69, 9.17) is 16.3 Å². The minimum Gasteiger partial charge on any atom is -0.378 e. The van der Waals surface area contributed by atoms with E-state index < -0.39 is 0 Å². The predicted octanol–water partition coefficient (Wildman–Crippen LogP) is 2.44. The standard InChI is InChI=1S/C16H19ClN4O2S/c1-11(15(22)21-6-8-23-9-7-21)18-16-20-19-14(24-16)10-12-2-4-13(17)5-3-12/h2-5,11H,6-10H2,1H3,(H,18,20). The second kappa shape index (κ2) is 7.92. The van der Waals surface area contributed by atoms with Gasteiger partial charge >= 0.3 is 0 Å². The first kappa shape index (κ1) is 17.1. The van der Waals surface area contributed by atoms with Crippen LogP contribution in [0.15, 0.2) is 24.3 Å². The summed E-state index contributed by atoms with van der Waals surface area (Å²) in [7, 11) is 0. The van der Waals surface area contributed by atoms with Crippen molar-refractivity contribution in [3.63, 3.8) is 0 Å². The monoisotopic (exact) mass is 366 g/mol. The lowest BCUT2D eigenvalue weighted by molar-refractivity contribution is -0.135. The van der Waals surface area contributed by atoms with E-state index >= 15 is 0 Å². The number of ether oxygens (including phenoxy) is 1. The molecule has 24 heavy (non-hydrogen) atoms. The van der Waals surface area contributed by atoms with E-state index in [0.29, 0.717) is 42.9 Å². The summed E-state index contributed by atoms with van der Waals surface area (Å²) in [5.74, 6) is 0.0627. The number of nitrogens with zero attached hydrogens (tertiary/aromatic N) is 3. The Labute approximate surface area is 149 Å². The van der Waals surface area contributed by atoms with E-state index in [-0.39, 0.29) is 11.9 Å². The van der Waals surface area contributed by atoms with Crippen molar-refractivity contribution in [1.82, 2.24) is 15.1 Å². The molecule has 6 nitrogen and oxygen atoms in total. The van der Waals surface area contributed by atoms with Gasteiger partial charge in [-0.05, 0) is 24.6 Å². The summed E-state index contributed by atoms with van der Waals surface area (Å²) < 4.78 is 5.27. The molecule has 1 aliphatic rings. The Kier molecular flexibility index (Phi) is 5.65. The molecule has 3 rings (SSSR count). The van der Waals surface area contributed by atoms with Crippen molar-refractivity contribution in [2.24, 2.45) is 0 Å². The van der Waals surface area contributed by atoms with Crippen molar-refractivity contribution in [2.75, 3.05) is 31.6 Å². The number of amides is 1. The van der Waals surface area contributed by atoms with Crippen LogP contribution in [0.5, 0.6) is 0 Å². The van der Waals surface area contributed by atoms with Crippen molar-refractivity contribution < 1.29 is 9.53 Å². The molecule has 0 bridgehead atoms. The number of halogens is 1. The first-order valence-corrected chi connectivity index (χ1v) is 9.01. The van der Waals surface area contributed by atoms with Gasteiger partial charge in [0, 0.05) is 24.5 Å². The molecule has 128 valence electrons. The number of morpholine rings is 1. The van der Waals surface area contributed by atoms with Gasteiger partial charge in [-0.1, -0.05) is 35.1 Å². The average Bonchev–Trinajstić information content (AvgIpc) is 3.04. The second-order valence-corrected chi connectivity index (χ2v) is 7.11. The Hall–Kier alpha value is -1.70. The van der Waals surface area contributed by atoms with E-state index in [1.54, 1.807) is 0 Å². The van der Waals surface area contributed by atoms with Crippen LogP contribution in [0.3, 0.4) is 0 Å². The van der Waals surface area contributed by atoms with Gasteiger partial charge in [-0.2, -0.15) is 0 Å². The summed E-state index contributed by atoms with van der Waals surface area (Å²) >= 11 is 7.35. The number of rotatable bonds is 5. The predicted molar refractivity (Wildman–Crippen MR) is 94.7 cm³/mol. The van der Waals surface area contributed by atoms with Crippen LogP contribution in [-0.2, 0) is 16.0 Å².